The van der Waals surface area contributed by atoms with Crippen molar-refractivity contribution >= 4 is 23.0 Å². The van der Waals surface area contributed by atoms with Crippen molar-refractivity contribution in [3.05, 3.63) is 33.0 Å². The molecule has 130 valence electrons. The SMILES string of the molecule is CCCCCC1=CCC/C1=N/NC(=O)c1cc2c(s1)CC[C@@H](C)C2. The standard InChI is InChI=1S/C20H28N2OS/c1-3-4-5-7-15-8-6-9-17(15)21-22-20(23)19-13-16-12-14(2)10-11-18(16)24-19/h8,13-14H,3-7,9-12H2,1-2H3,(H,22,23)/b21-17-/t14-/m1/s1. The molecule has 1 N–H and O–H groups in total. The number of rotatable bonds is 6. The van der Waals surface area contributed by atoms with Gasteiger partial charge in [-0.25, -0.2) is 5.43 Å². The molecule has 3 rings (SSSR count). The Balaban J connectivity index is 1.60. The molecule has 0 fully saturated rings. The van der Waals surface area contributed by atoms with E-state index < -0.39 is 0 Å². The fourth-order valence-electron chi connectivity index (χ4n) is 3.59. The van der Waals surface area contributed by atoms with Gasteiger partial charge in [-0.05, 0) is 68.1 Å². The van der Waals surface area contributed by atoms with E-state index >= 15 is 0 Å². The first-order valence-electron chi connectivity index (χ1n) is 9.35. The van der Waals surface area contributed by atoms with E-state index in [1.165, 1.54) is 41.7 Å². The van der Waals surface area contributed by atoms with Gasteiger partial charge in [0.25, 0.3) is 5.91 Å². The van der Waals surface area contributed by atoms with Crippen LogP contribution in [0.2, 0.25) is 0 Å². The third kappa shape index (κ3) is 4.15. The maximum Gasteiger partial charge on any atom is 0.281 e. The molecule has 2 aliphatic carbocycles. The lowest BCUT2D eigenvalue weighted by Crippen LogP contribution is -2.18. The number of carbonyl (C=O) groups excluding carboxylic acids is 1. The lowest BCUT2D eigenvalue weighted by atomic mass is 9.90. The Morgan fingerprint density at radius 1 is 1.38 bits per heavy atom. The molecule has 1 aromatic heterocycles. The molecule has 1 atom stereocenters. The molecule has 3 nitrogen and oxygen atoms in total. The lowest BCUT2D eigenvalue weighted by Gasteiger charge is -2.16. The van der Waals surface area contributed by atoms with E-state index in [-0.39, 0.29) is 5.91 Å². The van der Waals surface area contributed by atoms with Crippen LogP contribution in [-0.2, 0) is 12.8 Å². The van der Waals surface area contributed by atoms with E-state index in [0.29, 0.717) is 0 Å². The molecule has 0 unspecified atom stereocenters. The van der Waals surface area contributed by atoms with Gasteiger partial charge in [0.1, 0.15) is 0 Å². The largest absolute Gasteiger partial charge is 0.281 e. The highest BCUT2D eigenvalue weighted by Gasteiger charge is 2.21. The summed E-state index contributed by atoms with van der Waals surface area (Å²) in [5.74, 6) is 0.687. The number of unbranched alkanes of at least 4 members (excludes halogenated alkanes) is 2. The molecule has 2 aliphatic rings. The Hall–Kier alpha value is -1.42. The number of aryl methyl sites for hydroxylation is 1. The highest BCUT2D eigenvalue weighted by molar-refractivity contribution is 7.14. The maximum absolute atomic E-state index is 12.4. The van der Waals surface area contributed by atoms with Crippen LogP contribution in [-0.4, -0.2) is 11.6 Å². The average Bonchev–Trinajstić information content (AvgIpc) is 3.19. The number of allylic oxidation sites excluding steroid dienone is 2. The van der Waals surface area contributed by atoms with Crippen LogP contribution in [0.4, 0.5) is 0 Å². The summed E-state index contributed by atoms with van der Waals surface area (Å²) < 4.78 is 0. The minimum Gasteiger partial charge on any atom is -0.266 e. The molecular weight excluding hydrogens is 316 g/mol. The number of amides is 1. The van der Waals surface area contributed by atoms with Crippen molar-refractivity contribution in [2.24, 2.45) is 11.0 Å². The Morgan fingerprint density at radius 2 is 2.25 bits per heavy atom. The summed E-state index contributed by atoms with van der Waals surface area (Å²) in [6, 6.07) is 2.08. The van der Waals surface area contributed by atoms with Gasteiger partial charge in [-0.2, -0.15) is 5.10 Å². The van der Waals surface area contributed by atoms with Crippen LogP contribution < -0.4 is 5.43 Å². The van der Waals surface area contributed by atoms with Gasteiger partial charge in [-0.3, -0.25) is 4.79 Å². The molecule has 1 amide bonds. The molecule has 4 heteroatoms. The van der Waals surface area contributed by atoms with Crippen molar-refractivity contribution < 1.29 is 4.79 Å². The predicted molar refractivity (Wildman–Crippen MR) is 102 cm³/mol. The summed E-state index contributed by atoms with van der Waals surface area (Å²) in [4.78, 5) is 14.6. The van der Waals surface area contributed by atoms with E-state index in [4.69, 9.17) is 0 Å². The molecular formula is C20H28N2OS. The zero-order valence-corrected chi connectivity index (χ0v) is 15.7. The fraction of sp³-hybridized carbons (Fsp3) is 0.600. The van der Waals surface area contributed by atoms with Crippen LogP contribution in [0.1, 0.15) is 78.9 Å². The Bertz CT molecular complexity index is 657. The van der Waals surface area contributed by atoms with Gasteiger partial charge in [0.15, 0.2) is 0 Å². The third-order valence-corrected chi connectivity index (χ3v) is 6.27. The third-order valence-electron chi connectivity index (χ3n) is 5.04. The fourth-order valence-corrected chi connectivity index (χ4v) is 4.69. The monoisotopic (exact) mass is 344 g/mol. The summed E-state index contributed by atoms with van der Waals surface area (Å²) in [7, 11) is 0. The molecule has 24 heavy (non-hydrogen) atoms. The van der Waals surface area contributed by atoms with E-state index in [1.54, 1.807) is 11.3 Å². The van der Waals surface area contributed by atoms with Crippen molar-refractivity contribution in [2.45, 2.75) is 71.6 Å². The summed E-state index contributed by atoms with van der Waals surface area (Å²) in [6.07, 6.45) is 12.6. The Morgan fingerprint density at radius 3 is 3.08 bits per heavy atom. The molecule has 1 aromatic rings. The van der Waals surface area contributed by atoms with Crippen molar-refractivity contribution in [1.29, 1.82) is 0 Å². The van der Waals surface area contributed by atoms with Gasteiger partial charge in [-0.15, -0.1) is 11.3 Å². The van der Waals surface area contributed by atoms with Crippen LogP contribution in [0.25, 0.3) is 0 Å². The van der Waals surface area contributed by atoms with Crippen molar-refractivity contribution in [2.75, 3.05) is 0 Å². The topological polar surface area (TPSA) is 41.5 Å². The minimum absolute atomic E-state index is 0.0469. The number of hydrogen-bond donors (Lipinski definition) is 1. The number of hydrazone groups is 1. The van der Waals surface area contributed by atoms with Crippen LogP contribution in [0, 0.1) is 5.92 Å². The summed E-state index contributed by atoms with van der Waals surface area (Å²) in [5.41, 5.74) is 6.59. The zero-order valence-electron chi connectivity index (χ0n) is 14.9. The molecule has 1 heterocycles. The van der Waals surface area contributed by atoms with Gasteiger partial charge in [0.2, 0.25) is 0 Å². The molecule has 0 saturated heterocycles. The number of thiophene rings is 1. The summed E-state index contributed by atoms with van der Waals surface area (Å²) >= 11 is 1.65. The van der Waals surface area contributed by atoms with Gasteiger partial charge >= 0.3 is 0 Å². The second-order valence-corrected chi connectivity index (χ2v) is 8.27. The van der Waals surface area contributed by atoms with Gasteiger partial charge in [0.05, 0.1) is 10.6 Å². The van der Waals surface area contributed by atoms with Crippen molar-refractivity contribution in [1.82, 2.24) is 5.43 Å². The summed E-state index contributed by atoms with van der Waals surface area (Å²) in [5, 5.41) is 4.44. The van der Waals surface area contributed by atoms with E-state index in [2.05, 4.69) is 36.5 Å². The van der Waals surface area contributed by atoms with Crippen molar-refractivity contribution in [3.8, 4) is 0 Å². The number of hydrogen-bond acceptors (Lipinski definition) is 3. The average molecular weight is 345 g/mol. The number of carbonyl (C=O) groups is 1. The lowest BCUT2D eigenvalue weighted by molar-refractivity contribution is 0.0958. The normalized spacial score (nSPS) is 21.7. The molecule has 0 spiro atoms. The molecule has 0 bridgehead atoms. The second-order valence-electron chi connectivity index (χ2n) is 7.13. The van der Waals surface area contributed by atoms with Gasteiger partial charge in [-0.1, -0.05) is 32.8 Å². The van der Waals surface area contributed by atoms with Gasteiger partial charge < -0.3 is 0 Å². The number of fused-ring (bicyclic) bond motifs is 1. The maximum atomic E-state index is 12.4. The molecule has 0 aliphatic heterocycles. The number of nitrogens with one attached hydrogen (secondary N) is 1. The second kappa shape index (κ2) is 8.11. The highest BCUT2D eigenvalue weighted by Crippen LogP contribution is 2.32. The first kappa shape index (κ1) is 17.4. The van der Waals surface area contributed by atoms with Gasteiger partial charge in [0, 0.05) is 4.88 Å². The quantitative estimate of drug-likeness (QED) is 0.555. The Kier molecular flexibility index (Phi) is 5.88. The van der Waals surface area contributed by atoms with E-state index in [1.807, 2.05) is 0 Å². The Labute approximate surface area is 149 Å². The molecule has 0 aromatic carbocycles. The van der Waals surface area contributed by atoms with Crippen LogP contribution >= 0.6 is 11.3 Å². The smallest absolute Gasteiger partial charge is 0.266 e. The van der Waals surface area contributed by atoms with Crippen LogP contribution in [0.3, 0.4) is 0 Å². The molecule has 0 radical (unpaired) electrons. The van der Waals surface area contributed by atoms with Crippen molar-refractivity contribution in [3.63, 3.8) is 0 Å². The van der Waals surface area contributed by atoms with E-state index in [0.717, 1.165) is 48.6 Å². The first-order valence-corrected chi connectivity index (χ1v) is 10.2. The van der Waals surface area contributed by atoms with Crippen LogP contribution in [0.15, 0.2) is 22.8 Å². The summed E-state index contributed by atoms with van der Waals surface area (Å²) in [6.45, 7) is 4.51. The number of nitrogens with zero attached hydrogens (tertiary/aromatic N) is 1. The predicted octanol–water partition coefficient (Wildman–Crippen LogP) is 5.26. The minimum atomic E-state index is -0.0469. The zero-order chi connectivity index (χ0) is 16.9. The highest BCUT2D eigenvalue weighted by atomic mass is 32.1. The van der Waals surface area contributed by atoms with Crippen LogP contribution in [0.5, 0.6) is 0 Å². The first-order chi connectivity index (χ1) is 11.7. The molecule has 0 saturated carbocycles. The van der Waals surface area contributed by atoms with E-state index in [9.17, 15) is 4.79 Å².